The van der Waals surface area contributed by atoms with Crippen molar-refractivity contribution in [1.29, 1.82) is 0 Å². The number of fused-ring (bicyclic) bond motifs is 1. The van der Waals surface area contributed by atoms with Gasteiger partial charge >= 0.3 is 5.82 Å². The van der Waals surface area contributed by atoms with Gasteiger partial charge in [-0.1, -0.05) is 0 Å². The molecular weight excluding hydrogens is 698 g/mol. The van der Waals surface area contributed by atoms with Crippen molar-refractivity contribution in [1.82, 2.24) is 34.4 Å². The lowest BCUT2D eigenvalue weighted by atomic mass is 9.93. The van der Waals surface area contributed by atoms with Gasteiger partial charge in [0.25, 0.3) is 5.91 Å². The number of imidazole rings is 1. The zero-order valence-electron chi connectivity index (χ0n) is 29.3. The fraction of sp³-hybridized carbons (Fsp3) is 0.500. The molecule has 52 heavy (non-hydrogen) atoms. The Morgan fingerprint density at radius 1 is 1.06 bits per heavy atom. The molecule has 2 aliphatic rings. The smallest absolute Gasteiger partial charge is 0.342 e. The number of hydrogen-bond acceptors (Lipinski definition) is 15. The Bertz CT molecular complexity index is 2010. The molecule has 0 bridgehead atoms. The maximum Gasteiger partial charge on any atom is 0.342 e. The third-order valence-corrected chi connectivity index (χ3v) is 10.1. The van der Waals surface area contributed by atoms with E-state index in [1.165, 1.54) is 35.1 Å². The van der Waals surface area contributed by atoms with E-state index in [1.54, 1.807) is 20.2 Å². The number of likely N-dealkylation sites (N-methyl/N-ethyl adjacent to an activating group) is 1. The standard InChI is InChI=1S/C32H41N11O8S/c1-39(2)30(44)20-50-24-16-35-32(36-17-24)37-21-5-7-23(8-6-21)51-31-25-13-22(15-33-26(25)14-27(38-31)41-9-11-49-12-10-41)42(52(4,47)48)19-28-34-18-29(40(28)3)43(45)46/h13-18,21,23H,5-12,19-20H2,1-4H3,(H,35,36,37). The molecule has 4 aromatic rings. The summed E-state index contributed by atoms with van der Waals surface area (Å²) in [6.45, 7) is 2.06. The first-order valence-corrected chi connectivity index (χ1v) is 18.5. The van der Waals surface area contributed by atoms with Crippen molar-refractivity contribution in [2.24, 2.45) is 7.05 Å². The molecule has 5 heterocycles. The zero-order chi connectivity index (χ0) is 37.0. The van der Waals surface area contributed by atoms with Gasteiger partial charge in [0.15, 0.2) is 12.4 Å². The number of anilines is 3. The number of carbonyl (C=O) groups excluding carboxylic acids is 1. The van der Waals surface area contributed by atoms with Crippen molar-refractivity contribution in [3.05, 3.63) is 52.9 Å². The number of hydrogen-bond donors (Lipinski definition) is 1. The lowest BCUT2D eigenvalue weighted by Gasteiger charge is -2.31. The highest BCUT2D eigenvalue weighted by Gasteiger charge is 2.28. The number of sulfonamides is 1. The van der Waals surface area contributed by atoms with Crippen LogP contribution >= 0.6 is 0 Å². The molecule has 0 spiro atoms. The average Bonchev–Trinajstić information content (AvgIpc) is 3.50. The van der Waals surface area contributed by atoms with Gasteiger partial charge in [0.1, 0.15) is 24.7 Å². The minimum Gasteiger partial charge on any atom is -0.481 e. The summed E-state index contributed by atoms with van der Waals surface area (Å²) in [5, 5.41) is 15.3. The van der Waals surface area contributed by atoms with Crippen LogP contribution in [0.15, 0.2) is 36.9 Å². The molecular formula is C32H41N11O8S. The molecule has 1 aliphatic carbocycles. The van der Waals surface area contributed by atoms with Crippen LogP contribution in [0.2, 0.25) is 0 Å². The van der Waals surface area contributed by atoms with Crippen molar-refractivity contribution in [2.45, 2.75) is 44.4 Å². The number of pyridine rings is 2. The van der Waals surface area contributed by atoms with E-state index >= 15 is 0 Å². The molecule has 0 aromatic carbocycles. The van der Waals surface area contributed by atoms with Gasteiger partial charge < -0.3 is 39.4 Å². The van der Waals surface area contributed by atoms with Gasteiger partial charge in [0.05, 0.1) is 61.7 Å². The van der Waals surface area contributed by atoms with E-state index in [0.29, 0.717) is 73.4 Å². The van der Waals surface area contributed by atoms with Crippen LogP contribution < -0.4 is 24.0 Å². The first-order chi connectivity index (χ1) is 24.9. The zero-order valence-corrected chi connectivity index (χ0v) is 30.2. The molecule has 6 rings (SSSR count). The van der Waals surface area contributed by atoms with Crippen molar-refractivity contribution in [3.63, 3.8) is 0 Å². The number of nitrogens with zero attached hydrogens (tertiary/aromatic N) is 10. The van der Waals surface area contributed by atoms with Crippen LogP contribution in [-0.2, 0) is 33.1 Å². The van der Waals surface area contributed by atoms with E-state index in [0.717, 1.165) is 29.6 Å². The van der Waals surface area contributed by atoms with Crippen LogP contribution in [0, 0.1) is 10.1 Å². The summed E-state index contributed by atoms with van der Waals surface area (Å²) in [6, 6.07) is 3.62. The SMILES string of the molecule is CN(C)C(=O)COc1cnc(NC2CCC(Oc3nc(N4CCOCC4)cc4ncc(N(Cc5ncc([N+](=O)[O-])n5C)S(C)(=O)=O)cc34)CC2)nc1. The third kappa shape index (κ3) is 8.56. The topological polar surface area (TPSA) is 213 Å². The summed E-state index contributed by atoms with van der Waals surface area (Å²) in [7, 11) is 0.900. The molecule has 20 heteroatoms. The Balaban J connectivity index is 1.20. The first-order valence-electron chi connectivity index (χ1n) is 16.7. The summed E-state index contributed by atoms with van der Waals surface area (Å²) >= 11 is 0. The number of morpholine rings is 1. The average molecular weight is 740 g/mol. The second-order valence-electron chi connectivity index (χ2n) is 12.8. The molecule has 0 unspecified atom stereocenters. The minimum atomic E-state index is -3.87. The summed E-state index contributed by atoms with van der Waals surface area (Å²) in [5.41, 5.74) is 0.808. The van der Waals surface area contributed by atoms with Gasteiger partial charge in [-0.3, -0.25) is 14.1 Å². The quantitative estimate of drug-likeness (QED) is 0.154. The molecule has 1 aliphatic heterocycles. The predicted molar refractivity (Wildman–Crippen MR) is 190 cm³/mol. The molecule has 4 aromatic heterocycles. The number of aromatic nitrogens is 6. The third-order valence-electron chi connectivity index (χ3n) is 8.95. The number of nitro groups is 1. The number of amides is 1. The van der Waals surface area contributed by atoms with E-state index in [-0.39, 0.29) is 48.5 Å². The molecule has 2 fully saturated rings. The number of nitrogens with one attached hydrogen (secondary N) is 1. The monoisotopic (exact) mass is 739 g/mol. The molecule has 1 amide bonds. The van der Waals surface area contributed by atoms with E-state index in [4.69, 9.17) is 19.2 Å². The largest absolute Gasteiger partial charge is 0.481 e. The summed E-state index contributed by atoms with van der Waals surface area (Å²) < 4.78 is 46.1. The lowest BCUT2D eigenvalue weighted by molar-refractivity contribution is -0.391. The maximum atomic E-state index is 13.1. The fourth-order valence-electron chi connectivity index (χ4n) is 5.94. The normalized spacial score (nSPS) is 17.8. The molecule has 1 saturated carbocycles. The van der Waals surface area contributed by atoms with E-state index in [2.05, 4.69) is 30.2 Å². The van der Waals surface area contributed by atoms with Crippen molar-refractivity contribution >= 4 is 50.1 Å². The van der Waals surface area contributed by atoms with E-state index in [1.807, 2.05) is 6.07 Å². The second-order valence-corrected chi connectivity index (χ2v) is 14.7. The minimum absolute atomic E-state index is 0.0994. The highest BCUT2D eigenvalue weighted by Crippen LogP contribution is 2.34. The Hall–Kier alpha value is -5.37. The Morgan fingerprint density at radius 3 is 2.40 bits per heavy atom. The first kappa shape index (κ1) is 36.4. The molecule has 19 nitrogen and oxygen atoms in total. The Labute approximate surface area is 300 Å². The van der Waals surface area contributed by atoms with Crippen LogP contribution in [0.1, 0.15) is 31.5 Å². The van der Waals surface area contributed by atoms with E-state index in [9.17, 15) is 23.3 Å². The molecule has 1 saturated heterocycles. The van der Waals surface area contributed by atoms with Crippen LogP contribution in [0.3, 0.4) is 0 Å². The molecule has 0 atom stereocenters. The van der Waals surface area contributed by atoms with Crippen LogP contribution in [-0.4, -0.2) is 119 Å². The van der Waals surface area contributed by atoms with Gasteiger partial charge in [-0.2, -0.15) is 4.98 Å². The van der Waals surface area contributed by atoms with Crippen molar-refractivity contribution < 1.29 is 32.3 Å². The van der Waals surface area contributed by atoms with Crippen molar-refractivity contribution in [3.8, 4) is 11.6 Å². The molecule has 1 N–H and O–H groups in total. The summed E-state index contributed by atoms with van der Waals surface area (Å²) in [5.74, 6) is 1.62. The van der Waals surface area contributed by atoms with Gasteiger partial charge in [-0.15, -0.1) is 0 Å². The van der Waals surface area contributed by atoms with Crippen LogP contribution in [0.25, 0.3) is 10.9 Å². The number of rotatable bonds is 13. The highest BCUT2D eigenvalue weighted by molar-refractivity contribution is 7.92. The van der Waals surface area contributed by atoms with Crippen molar-refractivity contribution in [2.75, 3.05) is 67.8 Å². The second kappa shape index (κ2) is 15.5. The molecule has 278 valence electrons. The summed E-state index contributed by atoms with van der Waals surface area (Å²) in [6.07, 6.45) is 9.43. The van der Waals surface area contributed by atoms with Crippen LogP contribution in [0.4, 0.5) is 23.3 Å². The predicted octanol–water partition coefficient (Wildman–Crippen LogP) is 2.13. The Kier molecular flexibility index (Phi) is 10.8. The fourth-order valence-corrected chi connectivity index (χ4v) is 6.77. The number of ether oxygens (including phenoxy) is 3. The van der Waals surface area contributed by atoms with Gasteiger partial charge in [-0.05, 0) is 36.7 Å². The number of carbonyl (C=O) groups is 1. The Morgan fingerprint density at radius 2 is 1.77 bits per heavy atom. The summed E-state index contributed by atoms with van der Waals surface area (Å²) in [4.78, 5) is 48.5. The van der Waals surface area contributed by atoms with Crippen LogP contribution in [0.5, 0.6) is 11.6 Å². The lowest BCUT2D eigenvalue weighted by Crippen LogP contribution is -2.37. The van der Waals surface area contributed by atoms with Gasteiger partial charge in [-0.25, -0.2) is 27.9 Å². The van der Waals surface area contributed by atoms with E-state index < -0.39 is 14.9 Å². The van der Waals surface area contributed by atoms with Gasteiger partial charge in [0.2, 0.25) is 27.7 Å². The highest BCUT2D eigenvalue weighted by atomic mass is 32.2. The maximum absolute atomic E-state index is 13.1. The van der Waals surface area contributed by atoms with Gasteiger partial charge in [0, 0.05) is 39.3 Å². The molecule has 0 radical (unpaired) electrons.